The molecule has 0 spiro atoms. The van der Waals surface area contributed by atoms with Gasteiger partial charge in [-0.1, -0.05) is 13.8 Å². The van der Waals surface area contributed by atoms with E-state index in [-0.39, 0.29) is 0 Å². The van der Waals surface area contributed by atoms with E-state index in [1.807, 2.05) is 12.4 Å². The molecule has 1 aromatic heterocycles. The second-order valence-electron chi connectivity index (χ2n) is 6.15. The SMILES string of the molecule is CC(C)COc1cncc(N2CC3CNCC2C3)c1. The Morgan fingerprint density at radius 2 is 2.32 bits per heavy atom. The van der Waals surface area contributed by atoms with Gasteiger partial charge in [0, 0.05) is 25.2 Å². The molecule has 0 saturated carbocycles. The van der Waals surface area contributed by atoms with Crippen molar-refractivity contribution in [1.82, 2.24) is 10.3 Å². The number of pyridine rings is 1. The normalized spacial score (nSPS) is 25.9. The van der Waals surface area contributed by atoms with Gasteiger partial charge in [0.15, 0.2) is 0 Å². The van der Waals surface area contributed by atoms with E-state index in [0.717, 1.165) is 37.9 Å². The van der Waals surface area contributed by atoms with Crippen molar-refractivity contribution in [3.63, 3.8) is 0 Å². The zero-order chi connectivity index (χ0) is 13.2. The summed E-state index contributed by atoms with van der Waals surface area (Å²) >= 11 is 0. The number of hydrogen-bond donors (Lipinski definition) is 1. The molecule has 2 atom stereocenters. The number of ether oxygens (including phenoxy) is 1. The van der Waals surface area contributed by atoms with Gasteiger partial charge in [-0.05, 0) is 24.8 Å². The van der Waals surface area contributed by atoms with Crippen LogP contribution in [0.1, 0.15) is 20.3 Å². The molecular weight excluding hydrogens is 238 g/mol. The van der Waals surface area contributed by atoms with Crippen molar-refractivity contribution in [2.75, 3.05) is 31.1 Å². The summed E-state index contributed by atoms with van der Waals surface area (Å²) < 4.78 is 5.77. The maximum Gasteiger partial charge on any atom is 0.139 e. The van der Waals surface area contributed by atoms with Crippen molar-refractivity contribution in [3.05, 3.63) is 18.5 Å². The summed E-state index contributed by atoms with van der Waals surface area (Å²) in [4.78, 5) is 6.82. The van der Waals surface area contributed by atoms with Crippen LogP contribution in [0.3, 0.4) is 0 Å². The average molecular weight is 261 g/mol. The van der Waals surface area contributed by atoms with Crippen LogP contribution in [0.15, 0.2) is 18.5 Å². The van der Waals surface area contributed by atoms with Crippen molar-refractivity contribution < 1.29 is 4.74 Å². The van der Waals surface area contributed by atoms with Gasteiger partial charge in [0.2, 0.25) is 0 Å². The summed E-state index contributed by atoms with van der Waals surface area (Å²) in [5.74, 6) is 2.22. The van der Waals surface area contributed by atoms with E-state index in [2.05, 4.69) is 35.1 Å². The monoisotopic (exact) mass is 261 g/mol. The summed E-state index contributed by atoms with van der Waals surface area (Å²) in [5.41, 5.74) is 1.21. The Labute approximate surface area is 115 Å². The Hall–Kier alpha value is -1.29. The molecule has 4 heteroatoms. The lowest BCUT2D eigenvalue weighted by molar-refractivity contribution is 0.270. The summed E-state index contributed by atoms with van der Waals surface area (Å²) in [6, 6.07) is 2.76. The molecule has 3 rings (SSSR count). The molecule has 2 saturated heterocycles. The van der Waals surface area contributed by atoms with Crippen LogP contribution in [0.25, 0.3) is 0 Å². The molecule has 1 aromatic rings. The molecule has 4 nitrogen and oxygen atoms in total. The number of nitrogens with one attached hydrogen (secondary N) is 1. The summed E-state index contributed by atoms with van der Waals surface area (Å²) in [5, 5.41) is 3.51. The smallest absolute Gasteiger partial charge is 0.139 e. The Bertz CT molecular complexity index is 435. The van der Waals surface area contributed by atoms with E-state index in [1.54, 1.807) is 0 Å². The van der Waals surface area contributed by atoms with E-state index < -0.39 is 0 Å². The Kier molecular flexibility index (Phi) is 3.60. The molecule has 2 fully saturated rings. The first kappa shape index (κ1) is 12.7. The van der Waals surface area contributed by atoms with Gasteiger partial charge in [-0.3, -0.25) is 4.98 Å². The lowest BCUT2D eigenvalue weighted by Gasteiger charge is -2.26. The topological polar surface area (TPSA) is 37.4 Å². The van der Waals surface area contributed by atoms with Crippen LogP contribution < -0.4 is 15.0 Å². The molecule has 0 radical (unpaired) electrons. The van der Waals surface area contributed by atoms with Crippen LogP contribution in [0.5, 0.6) is 5.75 Å². The van der Waals surface area contributed by atoms with Gasteiger partial charge >= 0.3 is 0 Å². The van der Waals surface area contributed by atoms with E-state index in [1.165, 1.54) is 12.1 Å². The molecule has 3 heterocycles. The molecule has 1 N–H and O–H groups in total. The highest BCUT2D eigenvalue weighted by Gasteiger charge is 2.35. The highest BCUT2D eigenvalue weighted by atomic mass is 16.5. The first-order chi connectivity index (χ1) is 9.22. The van der Waals surface area contributed by atoms with Gasteiger partial charge in [0.05, 0.1) is 24.7 Å². The van der Waals surface area contributed by atoms with Crippen LogP contribution >= 0.6 is 0 Å². The van der Waals surface area contributed by atoms with Gasteiger partial charge in [-0.15, -0.1) is 0 Å². The van der Waals surface area contributed by atoms with Crippen molar-refractivity contribution in [2.45, 2.75) is 26.3 Å². The maximum absolute atomic E-state index is 5.77. The molecule has 0 aliphatic carbocycles. The molecule has 104 valence electrons. The third-order valence-corrected chi connectivity index (χ3v) is 3.93. The predicted molar refractivity (Wildman–Crippen MR) is 76.7 cm³/mol. The standard InChI is InChI=1S/C15H23N3O/c1-11(2)10-19-15-4-14(7-17-8-15)18-9-12-3-13(18)6-16-5-12/h4,7-8,11-13,16H,3,5-6,9-10H2,1-2H3. The lowest BCUT2D eigenvalue weighted by atomic mass is 10.0. The minimum absolute atomic E-state index is 0.541. The van der Waals surface area contributed by atoms with Gasteiger partial charge in [-0.25, -0.2) is 0 Å². The summed E-state index contributed by atoms with van der Waals surface area (Å²) in [6.45, 7) is 8.46. The Morgan fingerprint density at radius 3 is 3.11 bits per heavy atom. The summed E-state index contributed by atoms with van der Waals surface area (Å²) in [6.07, 6.45) is 5.08. The lowest BCUT2D eigenvalue weighted by Crippen LogP contribution is -2.39. The molecule has 19 heavy (non-hydrogen) atoms. The molecule has 2 unspecified atom stereocenters. The molecule has 2 aliphatic heterocycles. The van der Waals surface area contributed by atoms with Gasteiger partial charge in [0.1, 0.15) is 5.75 Å². The average Bonchev–Trinajstić information content (AvgIpc) is 2.71. The van der Waals surface area contributed by atoms with Crippen LogP contribution in [-0.2, 0) is 0 Å². The molecule has 0 amide bonds. The fourth-order valence-electron chi connectivity index (χ4n) is 3.03. The Morgan fingerprint density at radius 1 is 1.42 bits per heavy atom. The van der Waals surface area contributed by atoms with Crippen molar-refractivity contribution in [2.24, 2.45) is 11.8 Å². The number of rotatable bonds is 4. The van der Waals surface area contributed by atoms with Crippen LogP contribution in [0.2, 0.25) is 0 Å². The van der Waals surface area contributed by atoms with Gasteiger partial charge < -0.3 is 15.0 Å². The van der Waals surface area contributed by atoms with Gasteiger partial charge in [0.25, 0.3) is 0 Å². The zero-order valence-corrected chi connectivity index (χ0v) is 11.8. The fourth-order valence-corrected chi connectivity index (χ4v) is 3.03. The van der Waals surface area contributed by atoms with Crippen LogP contribution in [0, 0.1) is 11.8 Å². The van der Waals surface area contributed by atoms with Crippen molar-refractivity contribution in [1.29, 1.82) is 0 Å². The second-order valence-corrected chi connectivity index (χ2v) is 6.15. The van der Waals surface area contributed by atoms with Crippen molar-refractivity contribution >= 4 is 5.69 Å². The third-order valence-electron chi connectivity index (χ3n) is 3.93. The molecular formula is C15H23N3O. The van der Waals surface area contributed by atoms with Crippen LogP contribution in [-0.4, -0.2) is 37.3 Å². The van der Waals surface area contributed by atoms with Gasteiger partial charge in [-0.2, -0.15) is 0 Å². The highest BCUT2D eigenvalue weighted by Crippen LogP contribution is 2.32. The third kappa shape index (κ3) is 2.84. The minimum atomic E-state index is 0.541. The number of nitrogens with zero attached hydrogens (tertiary/aromatic N) is 2. The molecule has 2 aliphatic rings. The molecule has 2 bridgehead atoms. The number of hydrogen-bond acceptors (Lipinski definition) is 4. The van der Waals surface area contributed by atoms with E-state index in [4.69, 9.17) is 4.74 Å². The summed E-state index contributed by atoms with van der Waals surface area (Å²) in [7, 11) is 0. The van der Waals surface area contributed by atoms with E-state index >= 15 is 0 Å². The van der Waals surface area contributed by atoms with E-state index in [9.17, 15) is 0 Å². The van der Waals surface area contributed by atoms with Crippen molar-refractivity contribution in [3.8, 4) is 5.75 Å². The minimum Gasteiger partial charge on any atom is -0.492 e. The van der Waals surface area contributed by atoms with Crippen LogP contribution in [0.4, 0.5) is 5.69 Å². The maximum atomic E-state index is 5.77. The second kappa shape index (κ2) is 5.37. The first-order valence-corrected chi connectivity index (χ1v) is 7.27. The highest BCUT2D eigenvalue weighted by molar-refractivity contribution is 5.50. The number of fused-ring (bicyclic) bond motifs is 2. The quantitative estimate of drug-likeness (QED) is 0.898. The number of piperidine rings is 1. The number of aromatic nitrogens is 1. The number of anilines is 1. The predicted octanol–water partition coefficient (Wildman–Crippen LogP) is 1.91. The largest absolute Gasteiger partial charge is 0.492 e. The fraction of sp³-hybridized carbons (Fsp3) is 0.667. The van der Waals surface area contributed by atoms with E-state index in [0.29, 0.717) is 12.0 Å². The molecule has 0 aromatic carbocycles. The first-order valence-electron chi connectivity index (χ1n) is 7.27. The Balaban J connectivity index is 1.72. The zero-order valence-electron chi connectivity index (χ0n) is 11.8.